The Kier molecular flexibility index (Phi) is 33.1. The minimum Gasteiger partial charge on any atom is -0.744 e. The Morgan fingerprint density at radius 3 is 1.26 bits per heavy atom. The minimum atomic E-state index is -4.56. The molecule has 0 spiro atoms. The van der Waals surface area contributed by atoms with Gasteiger partial charge < -0.3 is 106 Å². The zero-order valence-electron chi connectivity index (χ0n) is 43.2. The Morgan fingerprint density at radius 2 is 0.909 bits per heavy atom. The van der Waals surface area contributed by atoms with Gasteiger partial charge in [0.1, 0.15) is 94.9 Å². The van der Waals surface area contributed by atoms with E-state index in [9.17, 15) is 73.3 Å². The average molecular weight is 1130 g/mol. The van der Waals surface area contributed by atoms with Crippen molar-refractivity contribution in [2.45, 2.75) is 180 Å². The summed E-state index contributed by atoms with van der Waals surface area (Å²) in [6.45, 7) is 0.604. The van der Waals surface area contributed by atoms with Crippen molar-refractivity contribution in [3.63, 3.8) is 0 Å². The first-order chi connectivity index (χ1) is 36.0. The molecule has 26 nitrogen and oxygen atoms in total. The number of hydrogen-bond acceptors (Lipinski definition) is 26. The van der Waals surface area contributed by atoms with Crippen molar-refractivity contribution in [3.05, 3.63) is 65.7 Å². The molecule has 0 bridgehead atoms. The maximum Gasteiger partial charge on any atom is 1.00 e. The third kappa shape index (κ3) is 23.2. The number of aliphatic hydroxyl groups is 12. The molecule has 3 heterocycles. The molecule has 16 N–H and O–H groups in total. The van der Waals surface area contributed by atoms with Crippen LogP contribution in [0.5, 0.6) is 0 Å². The molecule has 0 radical (unpaired) electrons. The van der Waals surface area contributed by atoms with Crippen molar-refractivity contribution >= 4 is 27.5 Å². The molecule has 2 aromatic carbocycles. The Morgan fingerprint density at radius 1 is 0.545 bits per heavy atom. The molecule has 15 unspecified atom stereocenters. The van der Waals surface area contributed by atoms with E-state index < -0.39 is 139 Å². The first-order valence-corrected chi connectivity index (χ1v) is 26.3. The Labute approximate surface area is 468 Å². The molecule has 3 aliphatic rings. The van der Waals surface area contributed by atoms with E-state index in [4.69, 9.17) is 55.2 Å². The molecule has 2 aromatic rings. The van der Waals surface area contributed by atoms with Crippen molar-refractivity contribution in [1.82, 2.24) is 0 Å². The molecule has 17 atom stereocenters. The van der Waals surface area contributed by atoms with Gasteiger partial charge in [-0.2, -0.15) is 0 Å². The molecule has 3 fully saturated rings. The number of carbonyl (C=O) groups excluding carboxylic acids is 3. The van der Waals surface area contributed by atoms with Crippen molar-refractivity contribution in [1.29, 1.82) is 0 Å². The van der Waals surface area contributed by atoms with Crippen LogP contribution < -0.4 is 41.0 Å². The van der Waals surface area contributed by atoms with Gasteiger partial charge in [0.05, 0.1) is 36.8 Å². The van der Waals surface area contributed by atoms with E-state index in [2.05, 4.69) is 0 Å². The maximum atomic E-state index is 12.1. The number of unbranched alkanes of at least 4 members (excludes halogenated alkanes) is 3. The van der Waals surface area contributed by atoms with Crippen LogP contribution in [0.3, 0.4) is 0 Å². The predicted octanol–water partition coefficient (Wildman–Crippen LogP) is -7.23. The zero-order chi connectivity index (χ0) is 56.7. The summed E-state index contributed by atoms with van der Waals surface area (Å²) in [5.41, 5.74) is 12.7. The summed E-state index contributed by atoms with van der Waals surface area (Å²) < 4.78 is 64.2. The van der Waals surface area contributed by atoms with Gasteiger partial charge >= 0.3 is 29.6 Å². The molecule has 0 saturated carbocycles. The first-order valence-electron chi connectivity index (χ1n) is 24.9. The predicted molar refractivity (Wildman–Crippen MR) is 261 cm³/mol. The summed E-state index contributed by atoms with van der Waals surface area (Å²) in [6.07, 6.45) is -15.0. The molecule has 434 valence electrons. The monoisotopic (exact) mass is 1130 g/mol. The van der Waals surface area contributed by atoms with Crippen molar-refractivity contribution in [2.24, 2.45) is 11.5 Å². The number of nitrogens with two attached hydrogens (primary N) is 2. The third-order valence-electron chi connectivity index (χ3n) is 12.5. The molecular formula is C49H77N2NaO24S. The van der Waals surface area contributed by atoms with Crippen LogP contribution in [-0.2, 0) is 54.5 Å². The summed E-state index contributed by atoms with van der Waals surface area (Å²) in [6, 6.07) is 13.3. The van der Waals surface area contributed by atoms with Crippen LogP contribution >= 0.6 is 0 Å². The fourth-order valence-electron chi connectivity index (χ4n) is 7.75. The average Bonchev–Trinajstić information content (AvgIpc) is 3.40. The Hall–Kier alpha value is -2.44. The molecule has 3 saturated heterocycles. The molecule has 77 heavy (non-hydrogen) atoms. The quantitative estimate of drug-likeness (QED) is 0.0171. The maximum absolute atomic E-state index is 12.1. The van der Waals surface area contributed by atoms with Gasteiger partial charge in [-0.05, 0) is 69.6 Å². The number of benzene rings is 2. The standard InChI is InChI=1S/C19H29NO7.C17H24O10S.C13H25NO7.Na/c20-13(10-12-6-2-1-3-7-12)14(22)8-4-5-9-26-19-18(25)17(24)16(23)15(11-21)27-19;18-9-13-14(20)15(21)16(22)17(27-13)26-8-2-1-3-12(19)10-4-6-11(7-5-10)28(23,24)25;1-7(14)8(16)4-2-3-5-20-13-12(19)11(18)10(17)9(6-15)21-13;/h1-3,6-7,13,15-19,21,23-25H,4-5,8-11,20H2;4-7,13-18,20-22H,1-3,8-9H2,(H,23,24,25);7,9-13,15,17-19H,2-6,14H2,1H3;/q;;;+1/p-1/t13-,15?,16?,17?,18?,19?;;7-,9?,10?,11?,12?,13?;/m1.1./s1. The van der Waals surface area contributed by atoms with E-state index in [1.807, 2.05) is 30.3 Å². The second-order valence-corrected chi connectivity index (χ2v) is 19.9. The van der Waals surface area contributed by atoms with Crippen LogP contribution in [0, 0.1) is 0 Å². The van der Waals surface area contributed by atoms with E-state index in [0.29, 0.717) is 57.8 Å². The molecular weight excluding hydrogens is 1060 g/mol. The number of ether oxygens (including phenoxy) is 6. The van der Waals surface area contributed by atoms with Gasteiger partial charge in [-0.25, -0.2) is 8.42 Å². The van der Waals surface area contributed by atoms with E-state index in [-0.39, 0.29) is 78.7 Å². The van der Waals surface area contributed by atoms with Gasteiger partial charge in [0, 0.05) is 44.6 Å². The number of aliphatic hydroxyl groups excluding tert-OH is 12. The van der Waals surface area contributed by atoms with Gasteiger partial charge in [0.2, 0.25) is 0 Å². The van der Waals surface area contributed by atoms with Crippen LogP contribution in [0.1, 0.15) is 80.6 Å². The van der Waals surface area contributed by atoms with Crippen LogP contribution in [0.25, 0.3) is 0 Å². The molecule has 5 rings (SSSR count). The number of Topliss-reactive ketones (excluding diaryl/α,β-unsaturated/α-hetero) is 3. The number of rotatable bonds is 27. The second-order valence-electron chi connectivity index (χ2n) is 18.5. The molecule has 0 aliphatic carbocycles. The molecule has 28 heteroatoms. The van der Waals surface area contributed by atoms with Gasteiger partial charge in [-0.3, -0.25) is 14.4 Å². The summed E-state index contributed by atoms with van der Waals surface area (Å²) >= 11 is 0. The number of ketones is 3. The second kappa shape index (κ2) is 36.1. The third-order valence-corrected chi connectivity index (χ3v) is 13.4. The SMILES string of the molecule is C[C@@H](N)C(=O)CCCCOC1OC(CO)C(O)C(O)C1O.N[C@H](Cc1ccccc1)C(=O)CCCCOC1OC(CO)C(O)C(O)C1O.O=C(CCCCOC1OC(CO)C(O)C(O)C1O)c1ccc(S(=O)(=O)[O-])cc1.[Na+]. The topological polar surface area (TPSA) is 459 Å². The summed E-state index contributed by atoms with van der Waals surface area (Å²) in [5.74, 6) is -0.280. The zero-order valence-corrected chi connectivity index (χ0v) is 46.0. The van der Waals surface area contributed by atoms with Gasteiger partial charge in [0.25, 0.3) is 0 Å². The van der Waals surface area contributed by atoms with Crippen molar-refractivity contribution in [2.75, 3.05) is 39.6 Å². The molecule has 0 amide bonds. The van der Waals surface area contributed by atoms with Gasteiger partial charge in [-0.15, -0.1) is 0 Å². The van der Waals surface area contributed by atoms with Gasteiger partial charge in [-0.1, -0.05) is 42.5 Å². The normalized spacial score (nSPS) is 30.1. The number of hydrogen-bond donors (Lipinski definition) is 14. The van der Waals surface area contributed by atoms with Crippen LogP contribution in [-0.4, -0.2) is 235 Å². The van der Waals surface area contributed by atoms with E-state index >= 15 is 0 Å². The largest absolute Gasteiger partial charge is 1.00 e. The van der Waals surface area contributed by atoms with E-state index in [1.165, 1.54) is 12.1 Å². The molecule has 3 aliphatic heterocycles. The van der Waals surface area contributed by atoms with Crippen LogP contribution in [0.15, 0.2) is 59.5 Å². The fraction of sp³-hybridized carbons (Fsp3) is 0.694. The van der Waals surface area contributed by atoms with Crippen LogP contribution in [0.2, 0.25) is 0 Å². The van der Waals surface area contributed by atoms with E-state index in [0.717, 1.165) is 17.7 Å². The summed E-state index contributed by atoms with van der Waals surface area (Å²) in [5, 5.41) is 115. The van der Waals surface area contributed by atoms with E-state index in [1.54, 1.807) is 6.92 Å². The first kappa shape index (κ1) is 70.7. The van der Waals surface area contributed by atoms with Crippen molar-refractivity contribution < 1.29 is 147 Å². The van der Waals surface area contributed by atoms with Crippen LogP contribution in [0.4, 0.5) is 0 Å². The number of carbonyl (C=O) groups is 3. The Balaban J connectivity index is 0.000000397. The summed E-state index contributed by atoms with van der Waals surface area (Å²) in [4.78, 5) is 35.1. The summed E-state index contributed by atoms with van der Waals surface area (Å²) in [7, 11) is -4.56. The molecule has 0 aromatic heterocycles. The smallest absolute Gasteiger partial charge is 0.744 e. The van der Waals surface area contributed by atoms with Gasteiger partial charge in [0.15, 0.2) is 24.7 Å². The fourth-order valence-corrected chi connectivity index (χ4v) is 8.22. The van der Waals surface area contributed by atoms with Crippen molar-refractivity contribution in [3.8, 4) is 0 Å². The minimum absolute atomic E-state index is 0. The Bertz CT molecular complexity index is 2100.